The van der Waals surface area contributed by atoms with Crippen molar-refractivity contribution in [2.75, 3.05) is 12.9 Å². The number of benzene rings is 1. The zero-order valence-corrected chi connectivity index (χ0v) is 12.9. The molecule has 0 unspecified atom stereocenters. The van der Waals surface area contributed by atoms with Crippen molar-refractivity contribution in [3.8, 4) is 0 Å². The molecule has 0 N–H and O–H groups in total. The van der Waals surface area contributed by atoms with Gasteiger partial charge in [-0.1, -0.05) is 28.1 Å². The van der Waals surface area contributed by atoms with Crippen LogP contribution in [-0.4, -0.2) is 18.8 Å². The van der Waals surface area contributed by atoms with Gasteiger partial charge in [-0.05, 0) is 41.7 Å². The van der Waals surface area contributed by atoms with Gasteiger partial charge in [0.1, 0.15) is 0 Å². The summed E-state index contributed by atoms with van der Waals surface area (Å²) < 4.78 is 5.87. The highest BCUT2D eigenvalue weighted by Crippen LogP contribution is 2.51. The van der Waals surface area contributed by atoms with E-state index in [4.69, 9.17) is 4.74 Å². The van der Waals surface area contributed by atoms with Crippen molar-refractivity contribution in [2.45, 2.75) is 25.0 Å². The molecule has 1 aromatic carbocycles. The van der Waals surface area contributed by atoms with Gasteiger partial charge in [0.25, 0.3) is 0 Å². The minimum absolute atomic E-state index is 0.0736. The van der Waals surface area contributed by atoms with Crippen molar-refractivity contribution in [3.05, 3.63) is 34.3 Å². The van der Waals surface area contributed by atoms with Crippen LogP contribution in [0.4, 0.5) is 0 Å². The fourth-order valence-electron chi connectivity index (χ4n) is 1.94. The van der Waals surface area contributed by atoms with E-state index in [0.29, 0.717) is 6.42 Å². The Balaban J connectivity index is 1.77. The van der Waals surface area contributed by atoms with Crippen LogP contribution in [0.25, 0.3) is 0 Å². The molecule has 98 valence electrons. The molecule has 0 radical (unpaired) electrons. The molecule has 0 amide bonds. The molecule has 1 aromatic rings. The maximum Gasteiger partial charge on any atom is 0.306 e. The lowest BCUT2D eigenvalue weighted by molar-refractivity contribution is -0.141. The molecule has 0 bridgehead atoms. The number of halogens is 1. The van der Waals surface area contributed by atoms with Crippen molar-refractivity contribution in [2.24, 2.45) is 5.41 Å². The molecule has 0 heterocycles. The first-order valence-corrected chi connectivity index (χ1v) is 7.97. The van der Waals surface area contributed by atoms with Gasteiger partial charge in [-0.25, -0.2) is 0 Å². The average Bonchev–Trinajstić information content (AvgIpc) is 3.09. The predicted molar refractivity (Wildman–Crippen MR) is 78.6 cm³/mol. The van der Waals surface area contributed by atoms with E-state index in [2.05, 4.69) is 34.1 Å². The second-order valence-corrected chi connectivity index (χ2v) is 6.78. The molecular weight excluding hydrogens is 312 g/mol. The molecule has 2 rings (SSSR count). The van der Waals surface area contributed by atoms with E-state index in [1.54, 1.807) is 0 Å². The standard InChI is InChI=1S/C14H17BrO2S/c1-17-13(16)8-14(5-6-14)10-18-9-11-3-2-4-12(15)7-11/h2-4,7H,5-6,8-10H2,1H3. The molecule has 0 spiro atoms. The topological polar surface area (TPSA) is 26.3 Å². The number of methoxy groups -OCH3 is 1. The average molecular weight is 329 g/mol. The van der Waals surface area contributed by atoms with Crippen LogP contribution in [0.5, 0.6) is 0 Å². The lowest BCUT2D eigenvalue weighted by Gasteiger charge is -2.13. The van der Waals surface area contributed by atoms with Crippen LogP contribution in [0.1, 0.15) is 24.8 Å². The minimum atomic E-state index is -0.0736. The van der Waals surface area contributed by atoms with Gasteiger partial charge in [0.15, 0.2) is 0 Å². The van der Waals surface area contributed by atoms with Crippen molar-refractivity contribution >= 4 is 33.7 Å². The Morgan fingerprint density at radius 2 is 2.28 bits per heavy atom. The number of esters is 1. The first-order valence-electron chi connectivity index (χ1n) is 6.03. The second-order valence-electron chi connectivity index (χ2n) is 4.88. The molecule has 2 nitrogen and oxygen atoms in total. The number of ether oxygens (including phenoxy) is 1. The lowest BCUT2D eigenvalue weighted by atomic mass is 10.1. The smallest absolute Gasteiger partial charge is 0.306 e. The molecule has 0 saturated heterocycles. The molecular formula is C14H17BrO2S. The summed E-state index contributed by atoms with van der Waals surface area (Å²) in [6.45, 7) is 0. The van der Waals surface area contributed by atoms with Crippen LogP contribution in [-0.2, 0) is 15.3 Å². The van der Waals surface area contributed by atoms with Gasteiger partial charge in [-0.2, -0.15) is 11.8 Å². The number of rotatable bonds is 6. The number of hydrogen-bond acceptors (Lipinski definition) is 3. The molecule has 0 aromatic heterocycles. The van der Waals surface area contributed by atoms with E-state index in [0.717, 1.165) is 28.8 Å². The Labute approximate surface area is 121 Å². The molecule has 1 aliphatic rings. The van der Waals surface area contributed by atoms with Gasteiger partial charge < -0.3 is 4.74 Å². The van der Waals surface area contributed by atoms with Gasteiger partial charge in [0, 0.05) is 10.2 Å². The Morgan fingerprint density at radius 3 is 2.89 bits per heavy atom. The summed E-state index contributed by atoms with van der Waals surface area (Å²) in [6, 6.07) is 8.37. The summed E-state index contributed by atoms with van der Waals surface area (Å²) in [5.41, 5.74) is 1.55. The largest absolute Gasteiger partial charge is 0.469 e. The Morgan fingerprint density at radius 1 is 1.50 bits per heavy atom. The quantitative estimate of drug-likeness (QED) is 0.737. The van der Waals surface area contributed by atoms with Gasteiger partial charge in [-0.15, -0.1) is 0 Å². The van der Waals surface area contributed by atoms with Gasteiger partial charge in [0.2, 0.25) is 0 Å². The molecule has 0 aliphatic heterocycles. The summed E-state index contributed by atoms with van der Waals surface area (Å²) in [6.07, 6.45) is 2.90. The summed E-state index contributed by atoms with van der Waals surface area (Å²) in [5.74, 6) is 1.98. The summed E-state index contributed by atoms with van der Waals surface area (Å²) >= 11 is 5.39. The third-order valence-electron chi connectivity index (χ3n) is 3.27. The van der Waals surface area contributed by atoms with Gasteiger partial charge in [0.05, 0.1) is 13.5 Å². The van der Waals surface area contributed by atoms with E-state index in [9.17, 15) is 4.79 Å². The third kappa shape index (κ3) is 4.02. The monoisotopic (exact) mass is 328 g/mol. The van der Waals surface area contributed by atoms with Crippen LogP contribution < -0.4 is 0 Å². The van der Waals surface area contributed by atoms with Crippen LogP contribution in [0.3, 0.4) is 0 Å². The number of carbonyl (C=O) groups excluding carboxylic acids is 1. The fraction of sp³-hybridized carbons (Fsp3) is 0.500. The minimum Gasteiger partial charge on any atom is -0.469 e. The highest BCUT2D eigenvalue weighted by atomic mass is 79.9. The second kappa shape index (κ2) is 6.11. The zero-order chi connectivity index (χ0) is 13.0. The van der Waals surface area contributed by atoms with E-state index in [1.165, 1.54) is 12.7 Å². The van der Waals surface area contributed by atoms with Crippen molar-refractivity contribution in [1.82, 2.24) is 0 Å². The van der Waals surface area contributed by atoms with Crippen molar-refractivity contribution in [3.63, 3.8) is 0 Å². The lowest BCUT2D eigenvalue weighted by Crippen LogP contribution is -2.13. The predicted octanol–water partition coefficient (Wildman–Crippen LogP) is 4.03. The first-order chi connectivity index (χ1) is 8.63. The number of thioether (sulfide) groups is 1. The Bertz CT molecular complexity index is 430. The zero-order valence-electron chi connectivity index (χ0n) is 10.4. The summed E-state index contributed by atoms with van der Waals surface area (Å²) in [7, 11) is 1.47. The van der Waals surface area contributed by atoms with Gasteiger partial charge >= 0.3 is 5.97 Å². The Kier molecular flexibility index (Phi) is 4.73. The van der Waals surface area contributed by atoms with Crippen LogP contribution in [0.15, 0.2) is 28.7 Å². The van der Waals surface area contributed by atoms with E-state index in [1.807, 2.05) is 17.8 Å². The molecule has 1 fully saturated rings. The van der Waals surface area contributed by atoms with Crippen LogP contribution in [0.2, 0.25) is 0 Å². The number of carbonyl (C=O) groups is 1. The molecule has 18 heavy (non-hydrogen) atoms. The summed E-state index contributed by atoms with van der Waals surface area (Å²) in [5, 5.41) is 0. The molecule has 4 heteroatoms. The first kappa shape index (κ1) is 13.9. The van der Waals surface area contributed by atoms with E-state index >= 15 is 0 Å². The van der Waals surface area contributed by atoms with Crippen molar-refractivity contribution in [1.29, 1.82) is 0 Å². The number of hydrogen-bond donors (Lipinski definition) is 0. The maximum absolute atomic E-state index is 11.3. The van der Waals surface area contributed by atoms with Crippen molar-refractivity contribution < 1.29 is 9.53 Å². The highest BCUT2D eigenvalue weighted by Gasteiger charge is 2.44. The molecule has 1 aliphatic carbocycles. The Hall–Kier alpha value is -0.480. The SMILES string of the molecule is COC(=O)CC1(CSCc2cccc(Br)c2)CC1. The van der Waals surface area contributed by atoms with E-state index in [-0.39, 0.29) is 11.4 Å². The maximum atomic E-state index is 11.3. The van der Waals surface area contributed by atoms with E-state index < -0.39 is 0 Å². The normalized spacial score (nSPS) is 16.3. The van der Waals surface area contributed by atoms with Gasteiger partial charge in [-0.3, -0.25) is 4.79 Å². The highest BCUT2D eigenvalue weighted by molar-refractivity contribution is 9.10. The van der Waals surface area contributed by atoms with Crippen LogP contribution >= 0.6 is 27.7 Å². The third-order valence-corrected chi connectivity index (χ3v) is 5.12. The van der Waals surface area contributed by atoms with Crippen LogP contribution in [0, 0.1) is 5.41 Å². The molecule has 1 saturated carbocycles. The molecule has 0 atom stereocenters. The fourth-order valence-corrected chi connectivity index (χ4v) is 3.73. The summed E-state index contributed by atoms with van der Waals surface area (Å²) in [4.78, 5) is 11.3.